The number of hydrogen-bond donors (Lipinski definition) is 3. The zero-order chi connectivity index (χ0) is 22.2. The number of H-pyrrole nitrogens is 2. The smallest absolute Gasteiger partial charge is 0.278 e. The van der Waals surface area contributed by atoms with Gasteiger partial charge in [-0.3, -0.25) is 14.2 Å². The molecule has 7 nitrogen and oxygen atoms in total. The van der Waals surface area contributed by atoms with Crippen LogP contribution in [-0.2, 0) is 17.8 Å². The highest BCUT2D eigenvalue weighted by Crippen LogP contribution is 2.29. The standard InChI is InChI=1S/C24H24N4O3S/c1-31-15-9-10-19-17(13-15)21-22(26-19)23(30)28(24(32)27-21)12-11-20(29)25-18-8-4-6-14-5-2-3-7-16(14)18/h2-3,5,7,9-10,13,18,26H,4,6,8,11-12H2,1H3,(H,25,29)(H,27,32). The first-order chi connectivity index (χ1) is 15.5. The molecule has 5 rings (SSSR count). The number of hydrogen-bond acceptors (Lipinski definition) is 4. The summed E-state index contributed by atoms with van der Waals surface area (Å²) in [5, 5.41) is 3.97. The number of rotatable bonds is 5. The summed E-state index contributed by atoms with van der Waals surface area (Å²) in [6.07, 6.45) is 3.20. The van der Waals surface area contributed by atoms with Crippen LogP contribution in [0.4, 0.5) is 0 Å². The summed E-state index contributed by atoms with van der Waals surface area (Å²) < 4.78 is 7.03. The van der Waals surface area contributed by atoms with Crippen molar-refractivity contribution in [3.8, 4) is 5.75 Å². The number of carbonyl (C=O) groups excluding carboxylic acids is 1. The van der Waals surface area contributed by atoms with Gasteiger partial charge in [0.1, 0.15) is 11.3 Å². The van der Waals surface area contributed by atoms with Crippen molar-refractivity contribution in [3.05, 3.63) is 68.7 Å². The van der Waals surface area contributed by atoms with E-state index in [1.807, 2.05) is 30.3 Å². The van der Waals surface area contributed by atoms with Gasteiger partial charge in [-0.25, -0.2) is 0 Å². The summed E-state index contributed by atoms with van der Waals surface area (Å²) in [5.74, 6) is 0.609. The SMILES string of the molecule is COc1ccc2[nH]c3c(=O)n(CCC(=O)NC4CCCc5ccccc54)c(=S)[nH]c3c2c1. The molecule has 2 aromatic heterocycles. The molecular weight excluding hydrogens is 424 g/mol. The van der Waals surface area contributed by atoms with E-state index in [0.717, 1.165) is 30.2 Å². The van der Waals surface area contributed by atoms with Gasteiger partial charge in [0.2, 0.25) is 5.91 Å². The fourth-order valence-electron chi connectivity index (χ4n) is 4.58. The lowest BCUT2D eigenvalue weighted by Crippen LogP contribution is -2.32. The van der Waals surface area contributed by atoms with Crippen LogP contribution in [-0.4, -0.2) is 27.6 Å². The Morgan fingerprint density at radius 2 is 2.06 bits per heavy atom. The monoisotopic (exact) mass is 448 g/mol. The fourth-order valence-corrected chi connectivity index (χ4v) is 4.85. The highest BCUT2D eigenvalue weighted by atomic mass is 32.1. The number of benzene rings is 2. The van der Waals surface area contributed by atoms with E-state index in [1.54, 1.807) is 7.11 Å². The fraction of sp³-hybridized carbons (Fsp3) is 0.292. The Kier molecular flexibility index (Phi) is 5.30. The first kappa shape index (κ1) is 20.5. The molecule has 0 aliphatic heterocycles. The molecule has 8 heteroatoms. The summed E-state index contributed by atoms with van der Waals surface area (Å²) >= 11 is 5.45. The molecule has 3 N–H and O–H groups in total. The minimum atomic E-state index is -0.241. The van der Waals surface area contributed by atoms with Crippen molar-refractivity contribution in [2.24, 2.45) is 0 Å². The molecule has 1 amide bonds. The largest absolute Gasteiger partial charge is 0.497 e. The van der Waals surface area contributed by atoms with Crippen molar-refractivity contribution in [3.63, 3.8) is 0 Å². The molecule has 164 valence electrons. The van der Waals surface area contributed by atoms with Gasteiger partial charge in [-0.15, -0.1) is 0 Å². The predicted molar refractivity (Wildman–Crippen MR) is 127 cm³/mol. The highest BCUT2D eigenvalue weighted by molar-refractivity contribution is 7.71. The van der Waals surface area contributed by atoms with Crippen molar-refractivity contribution < 1.29 is 9.53 Å². The van der Waals surface area contributed by atoms with Crippen LogP contribution in [0.1, 0.15) is 36.4 Å². The van der Waals surface area contributed by atoms with E-state index < -0.39 is 0 Å². The molecule has 2 heterocycles. The van der Waals surface area contributed by atoms with Crippen molar-refractivity contribution in [2.45, 2.75) is 38.3 Å². The van der Waals surface area contributed by atoms with Gasteiger partial charge in [-0.2, -0.15) is 0 Å². The molecule has 32 heavy (non-hydrogen) atoms. The number of aromatic nitrogens is 3. The molecule has 1 aliphatic carbocycles. The van der Waals surface area contributed by atoms with Crippen LogP contribution in [0.5, 0.6) is 5.75 Å². The Morgan fingerprint density at radius 1 is 1.22 bits per heavy atom. The van der Waals surface area contributed by atoms with Gasteiger partial charge in [0.25, 0.3) is 5.56 Å². The van der Waals surface area contributed by atoms with E-state index in [0.29, 0.717) is 21.6 Å². The van der Waals surface area contributed by atoms with Gasteiger partial charge in [0, 0.05) is 23.9 Å². The van der Waals surface area contributed by atoms with Crippen LogP contribution in [0.2, 0.25) is 0 Å². The molecule has 4 aromatic rings. The summed E-state index contributed by atoms with van der Waals surface area (Å²) in [7, 11) is 1.60. The third-order valence-electron chi connectivity index (χ3n) is 6.21. The molecule has 0 saturated carbocycles. The predicted octanol–water partition coefficient (Wildman–Crippen LogP) is 4.13. The van der Waals surface area contributed by atoms with Crippen molar-refractivity contribution in [1.82, 2.24) is 19.9 Å². The number of fused-ring (bicyclic) bond motifs is 4. The van der Waals surface area contributed by atoms with E-state index >= 15 is 0 Å². The molecule has 1 aliphatic rings. The lowest BCUT2D eigenvalue weighted by Gasteiger charge is -2.26. The minimum Gasteiger partial charge on any atom is -0.497 e. The molecule has 0 bridgehead atoms. The van der Waals surface area contributed by atoms with Crippen molar-refractivity contribution >= 4 is 40.1 Å². The Morgan fingerprint density at radius 3 is 2.91 bits per heavy atom. The minimum absolute atomic E-state index is 0.0184. The van der Waals surface area contributed by atoms with Crippen LogP contribution in [0.15, 0.2) is 47.3 Å². The van der Waals surface area contributed by atoms with Crippen LogP contribution in [0, 0.1) is 4.77 Å². The van der Waals surface area contributed by atoms with Gasteiger partial charge in [0.15, 0.2) is 4.77 Å². The molecule has 0 fully saturated rings. The first-order valence-electron chi connectivity index (χ1n) is 10.7. The number of carbonyl (C=O) groups is 1. The Labute approximate surface area is 189 Å². The zero-order valence-corrected chi connectivity index (χ0v) is 18.6. The highest BCUT2D eigenvalue weighted by Gasteiger charge is 2.21. The first-order valence-corrected chi connectivity index (χ1v) is 11.2. The van der Waals surface area contributed by atoms with E-state index in [1.165, 1.54) is 15.7 Å². The lowest BCUT2D eigenvalue weighted by molar-refractivity contribution is -0.122. The number of ether oxygens (including phenoxy) is 1. The second kappa shape index (κ2) is 8.27. The van der Waals surface area contributed by atoms with Crippen LogP contribution in [0.25, 0.3) is 21.9 Å². The summed E-state index contributed by atoms with van der Waals surface area (Å²) in [6.45, 7) is 0.211. The second-order valence-electron chi connectivity index (χ2n) is 8.13. The maximum absolute atomic E-state index is 13.1. The van der Waals surface area contributed by atoms with Gasteiger partial charge in [-0.05, 0) is 60.8 Å². The summed E-state index contributed by atoms with van der Waals surface area (Å²) in [4.78, 5) is 32.1. The molecule has 0 saturated heterocycles. The number of amides is 1. The van der Waals surface area contributed by atoms with Crippen LogP contribution < -0.4 is 15.6 Å². The van der Waals surface area contributed by atoms with Gasteiger partial charge in [0.05, 0.1) is 18.7 Å². The molecule has 0 spiro atoms. The third-order valence-corrected chi connectivity index (χ3v) is 6.53. The van der Waals surface area contributed by atoms with Gasteiger partial charge >= 0.3 is 0 Å². The molecule has 2 aromatic carbocycles. The van der Waals surface area contributed by atoms with E-state index in [2.05, 4.69) is 27.4 Å². The molecule has 1 atom stereocenters. The maximum atomic E-state index is 13.1. The summed E-state index contributed by atoms with van der Waals surface area (Å²) in [6, 6.07) is 13.8. The Hall–Kier alpha value is -3.39. The second-order valence-corrected chi connectivity index (χ2v) is 8.52. The number of methoxy groups -OCH3 is 1. The number of aryl methyl sites for hydroxylation is 1. The normalized spacial score (nSPS) is 15.6. The lowest BCUT2D eigenvalue weighted by atomic mass is 9.88. The van der Waals surface area contributed by atoms with Gasteiger partial charge in [-0.1, -0.05) is 24.3 Å². The average Bonchev–Trinajstić information content (AvgIpc) is 3.17. The Bertz CT molecular complexity index is 1450. The quantitative estimate of drug-likeness (QED) is 0.400. The van der Waals surface area contributed by atoms with E-state index in [9.17, 15) is 9.59 Å². The number of aromatic amines is 2. The van der Waals surface area contributed by atoms with E-state index in [4.69, 9.17) is 17.0 Å². The van der Waals surface area contributed by atoms with Crippen LogP contribution in [0.3, 0.4) is 0 Å². The van der Waals surface area contributed by atoms with Crippen LogP contribution >= 0.6 is 12.2 Å². The molecule has 1 unspecified atom stereocenters. The zero-order valence-electron chi connectivity index (χ0n) is 17.7. The number of nitrogens with one attached hydrogen (secondary N) is 3. The molecule has 0 radical (unpaired) electrons. The summed E-state index contributed by atoms with van der Waals surface area (Å²) in [5.41, 5.74) is 4.14. The van der Waals surface area contributed by atoms with Gasteiger partial charge < -0.3 is 20.0 Å². The average molecular weight is 449 g/mol. The topological polar surface area (TPSA) is 91.9 Å². The Balaban J connectivity index is 1.38. The maximum Gasteiger partial charge on any atom is 0.278 e. The molecular formula is C24H24N4O3S. The van der Waals surface area contributed by atoms with E-state index in [-0.39, 0.29) is 30.5 Å². The number of nitrogens with zero attached hydrogens (tertiary/aromatic N) is 1. The van der Waals surface area contributed by atoms with Crippen molar-refractivity contribution in [2.75, 3.05) is 7.11 Å². The van der Waals surface area contributed by atoms with Crippen molar-refractivity contribution in [1.29, 1.82) is 0 Å². The third kappa shape index (κ3) is 3.60.